The van der Waals surface area contributed by atoms with Crippen LogP contribution in [0.25, 0.3) is 5.65 Å². The highest BCUT2D eigenvalue weighted by Gasteiger charge is 2.31. The number of hydrogen-bond donors (Lipinski definition) is 0. The van der Waals surface area contributed by atoms with E-state index in [9.17, 15) is 13.2 Å². The Labute approximate surface area is 155 Å². The van der Waals surface area contributed by atoms with Gasteiger partial charge in [-0.15, -0.1) is 5.10 Å². The Kier molecular flexibility index (Phi) is 4.50. The number of sulfonamides is 1. The molecule has 3 aromatic rings. The van der Waals surface area contributed by atoms with E-state index in [1.54, 1.807) is 0 Å². The molecule has 1 aromatic carbocycles. The lowest BCUT2D eigenvalue weighted by Gasteiger charge is -2.24. The summed E-state index contributed by atoms with van der Waals surface area (Å²) in [5.74, 6) is 0. The average Bonchev–Trinajstić information content (AvgIpc) is 3.15. The van der Waals surface area contributed by atoms with Crippen molar-refractivity contribution in [3.63, 3.8) is 0 Å². The van der Waals surface area contributed by atoms with E-state index in [-0.39, 0.29) is 29.8 Å². The van der Waals surface area contributed by atoms with Crippen molar-refractivity contribution < 1.29 is 13.2 Å². The molecule has 0 saturated carbocycles. The highest BCUT2D eigenvalue weighted by molar-refractivity contribution is 7.89. The minimum absolute atomic E-state index is 0.0806. The molecule has 1 fully saturated rings. The van der Waals surface area contributed by atoms with E-state index in [2.05, 4.69) is 15.3 Å². The number of hydrogen-bond acceptors (Lipinski definition) is 7. The molecule has 1 aliphatic heterocycles. The molecule has 11 heteroatoms. The number of rotatable bonds is 4. The van der Waals surface area contributed by atoms with Gasteiger partial charge in [-0.3, -0.25) is 0 Å². The predicted molar refractivity (Wildman–Crippen MR) is 94.9 cm³/mol. The van der Waals surface area contributed by atoms with Crippen molar-refractivity contribution in [3.05, 3.63) is 52.7 Å². The fraction of sp³-hybridized carbons (Fsp3) is 0.375. The van der Waals surface area contributed by atoms with Crippen molar-refractivity contribution >= 4 is 15.7 Å². The lowest BCUT2D eigenvalue weighted by Crippen LogP contribution is -2.41. The second-order valence-corrected chi connectivity index (χ2v) is 8.02. The Morgan fingerprint density at radius 3 is 2.56 bits per heavy atom. The van der Waals surface area contributed by atoms with Gasteiger partial charge >= 0.3 is 5.69 Å². The zero-order valence-electron chi connectivity index (χ0n) is 14.6. The highest BCUT2D eigenvalue weighted by Crippen LogP contribution is 2.19. The Balaban J connectivity index is 1.77. The van der Waals surface area contributed by atoms with Crippen LogP contribution in [-0.4, -0.2) is 63.4 Å². The summed E-state index contributed by atoms with van der Waals surface area (Å²) in [5, 5.41) is 7.68. The van der Waals surface area contributed by atoms with E-state index in [4.69, 9.17) is 4.74 Å². The Morgan fingerprint density at radius 2 is 1.85 bits per heavy atom. The number of nitrogens with zero attached hydrogens (tertiary/aromatic N) is 6. The molecule has 0 radical (unpaired) electrons. The molecule has 0 spiro atoms. The van der Waals surface area contributed by atoms with Crippen LogP contribution < -0.4 is 5.69 Å². The average molecular weight is 390 g/mol. The second kappa shape index (κ2) is 6.83. The molecular formula is C16H18N6O4S. The number of morpholine rings is 1. The second-order valence-electron chi connectivity index (χ2n) is 6.16. The molecule has 0 unspecified atom stereocenters. The van der Waals surface area contributed by atoms with Gasteiger partial charge in [0.15, 0.2) is 0 Å². The van der Waals surface area contributed by atoms with Crippen LogP contribution in [0.4, 0.5) is 0 Å². The Hall–Kier alpha value is -2.63. The lowest BCUT2D eigenvalue weighted by atomic mass is 10.1. The van der Waals surface area contributed by atoms with Crippen LogP contribution in [0.2, 0.25) is 0 Å². The molecule has 1 saturated heterocycles. The summed E-state index contributed by atoms with van der Waals surface area (Å²) in [6, 6.07) is 9.01. The lowest BCUT2D eigenvalue weighted by molar-refractivity contribution is 0.0729. The third-order valence-electron chi connectivity index (χ3n) is 4.55. The van der Waals surface area contributed by atoms with Gasteiger partial charge in [0, 0.05) is 13.1 Å². The molecule has 142 valence electrons. The van der Waals surface area contributed by atoms with Crippen molar-refractivity contribution in [1.82, 2.24) is 28.7 Å². The van der Waals surface area contributed by atoms with Crippen molar-refractivity contribution in [2.45, 2.75) is 18.0 Å². The van der Waals surface area contributed by atoms with Crippen LogP contribution in [0.1, 0.15) is 18.5 Å². The summed E-state index contributed by atoms with van der Waals surface area (Å²) in [5.41, 5.74) is 0.296. The SMILES string of the molecule is C[C@H](c1ccccc1)n1nnc2c(S(=O)(=O)N3CCOCC3)ncn2c1=O. The minimum Gasteiger partial charge on any atom is -0.379 e. The smallest absolute Gasteiger partial charge is 0.353 e. The molecule has 0 bridgehead atoms. The van der Waals surface area contributed by atoms with Gasteiger partial charge in [-0.25, -0.2) is 22.6 Å². The van der Waals surface area contributed by atoms with Gasteiger partial charge < -0.3 is 4.74 Å². The molecule has 0 amide bonds. The first-order valence-corrected chi connectivity index (χ1v) is 9.89. The molecular weight excluding hydrogens is 372 g/mol. The third-order valence-corrected chi connectivity index (χ3v) is 6.37. The topological polar surface area (TPSA) is 112 Å². The Bertz CT molecular complexity index is 1120. The van der Waals surface area contributed by atoms with Crippen LogP contribution in [0.3, 0.4) is 0 Å². The van der Waals surface area contributed by atoms with Crippen LogP contribution in [0, 0.1) is 0 Å². The fourth-order valence-electron chi connectivity index (χ4n) is 3.00. The van der Waals surface area contributed by atoms with Crippen LogP contribution in [-0.2, 0) is 14.8 Å². The summed E-state index contributed by atoms with van der Waals surface area (Å²) in [6.07, 6.45) is 1.17. The largest absolute Gasteiger partial charge is 0.379 e. The van der Waals surface area contributed by atoms with E-state index in [0.29, 0.717) is 13.2 Å². The summed E-state index contributed by atoms with van der Waals surface area (Å²) in [4.78, 5) is 16.8. The minimum atomic E-state index is -3.88. The molecule has 0 N–H and O–H groups in total. The van der Waals surface area contributed by atoms with Crippen molar-refractivity contribution in [1.29, 1.82) is 0 Å². The number of ether oxygens (including phenoxy) is 1. The van der Waals surface area contributed by atoms with Gasteiger partial charge in [-0.2, -0.15) is 8.99 Å². The standard InChI is InChI=1S/C16H18N6O4S/c1-12(13-5-3-2-4-6-13)22-16(23)21-11-17-15(14(21)18-19-22)27(24,25)20-7-9-26-10-8-20/h2-6,11-12H,7-10H2,1H3/t12-/m1/s1. The van der Waals surface area contributed by atoms with E-state index < -0.39 is 15.7 Å². The zero-order chi connectivity index (χ0) is 19.0. The number of benzene rings is 1. The molecule has 0 aliphatic carbocycles. The first-order chi connectivity index (χ1) is 13.0. The molecule has 1 aliphatic rings. The molecule has 2 aromatic heterocycles. The van der Waals surface area contributed by atoms with Gasteiger partial charge in [0.25, 0.3) is 10.0 Å². The maximum Gasteiger partial charge on any atom is 0.353 e. The maximum atomic E-state index is 12.8. The number of imidazole rings is 1. The quantitative estimate of drug-likeness (QED) is 0.612. The Morgan fingerprint density at radius 1 is 1.15 bits per heavy atom. The van der Waals surface area contributed by atoms with Gasteiger partial charge in [-0.1, -0.05) is 35.5 Å². The number of fused-ring (bicyclic) bond motifs is 1. The van der Waals surface area contributed by atoms with E-state index in [1.807, 2.05) is 37.3 Å². The van der Waals surface area contributed by atoms with Crippen molar-refractivity contribution in [2.24, 2.45) is 0 Å². The van der Waals surface area contributed by atoms with Crippen LogP contribution >= 0.6 is 0 Å². The zero-order valence-corrected chi connectivity index (χ0v) is 15.4. The van der Waals surface area contributed by atoms with Crippen molar-refractivity contribution in [2.75, 3.05) is 26.3 Å². The van der Waals surface area contributed by atoms with E-state index in [1.165, 1.54) is 15.3 Å². The first kappa shape index (κ1) is 17.8. The first-order valence-electron chi connectivity index (χ1n) is 8.45. The molecule has 1 atom stereocenters. The molecule has 27 heavy (non-hydrogen) atoms. The van der Waals surface area contributed by atoms with Crippen LogP contribution in [0.5, 0.6) is 0 Å². The monoisotopic (exact) mass is 390 g/mol. The van der Waals surface area contributed by atoms with Gasteiger partial charge in [0.05, 0.1) is 19.3 Å². The van der Waals surface area contributed by atoms with Gasteiger partial charge in [-0.05, 0) is 12.5 Å². The summed E-state index contributed by atoms with van der Waals surface area (Å²) < 4.78 is 34.4. The van der Waals surface area contributed by atoms with Crippen LogP contribution in [0.15, 0.2) is 46.5 Å². The molecule has 10 nitrogen and oxygen atoms in total. The normalized spacial score (nSPS) is 17.2. The fourth-order valence-corrected chi connectivity index (χ4v) is 4.43. The maximum absolute atomic E-state index is 12.8. The van der Waals surface area contributed by atoms with Crippen molar-refractivity contribution in [3.8, 4) is 0 Å². The summed E-state index contributed by atoms with van der Waals surface area (Å²) >= 11 is 0. The van der Waals surface area contributed by atoms with Gasteiger partial charge in [0.1, 0.15) is 6.33 Å². The molecule has 4 rings (SSSR count). The third kappa shape index (κ3) is 3.03. The number of aromatic nitrogens is 5. The summed E-state index contributed by atoms with van der Waals surface area (Å²) in [6.45, 7) is 2.92. The predicted octanol–water partition coefficient (Wildman–Crippen LogP) is -0.0838. The molecule has 3 heterocycles. The van der Waals surface area contributed by atoms with Gasteiger partial charge in [0.2, 0.25) is 10.7 Å². The highest BCUT2D eigenvalue weighted by atomic mass is 32.2. The summed E-state index contributed by atoms with van der Waals surface area (Å²) in [7, 11) is -3.88. The van der Waals surface area contributed by atoms with E-state index >= 15 is 0 Å². The van der Waals surface area contributed by atoms with E-state index in [0.717, 1.165) is 9.96 Å².